The summed E-state index contributed by atoms with van der Waals surface area (Å²) in [6, 6.07) is 19.1. The number of nitrogens with zero attached hydrogens (tertiary/aromatic N) is 5. The first kappa shape index (κ1) is 16.4. The molecule has 26 heavy (non-hydrogen) atoms. The van der Waals surface area contributed by atoms with E-state index in [1.54, 1.807) is 16.3 Å². The molecule has 0 radical (unpaired) electrons. The fourth-order valence-corrected chi connectivity index (χ4v) is 3.78. The Morgan fingerprint density at radius 1 is 1.04 bits per heavy atom. The summed E-state index contributed by atoms with van der Waals surface area (Å²) in [6.45, 7) is 0. The smallest absolute Gasteiger partial charge is 0.267 e. The minimum atomic E-state index is -0.118. The number of nitriles is 1. The minimum Gasteiger partial charge on any atom is -0.268 e. The lowest BCUT2D eigenvalue weighted by atomic mass is 10.2. The van der Waals surface area contributed by atoms with Gasteiger partial charge < -0.3 is 0 Å². The summed E-state index contributed by atoms with van der Waals surface area (Å²) in [4.78, 5) is 13.1. The molecule has 0 saturated heterocycles. The molecule has 6 nitrogen and oxygen atoms in total. The van der Waals surface area contributed by atoms with Crippen molar-refractivity contribution in [3.8, 4) is 11.8 Å². The maximum Gasteiger partial charge on any atom is 0.267 e. The maximum absolute atomic E-state index is 13.1. The van der Waals surface area contributed by atoms with Crippen LogP contribution in [0.3, 0.4) is 0 Å². The van der Waals surface area contributed by atoms with Gasteiger partial charge in [-0.05, 0) is 30.7 Å². The van der Waals surface area contributed by atoms with Crippen LogP contribution in [-0.4, -0.2) is 24.9 Å². The molecule has 7 heteroatoms. The van der Waals surface area contributed by atoms with Gasteiger partial charge in [-0.3, -0.25) is 9.20 Å². The van der Waals surface area contributed by atoms with Crippen molar-refractivity contribution in [1.29, 1.82) is 5.26 Å². The maximum atomic E-state index is 13.1. The molecule has 0 aliphatic heterocycles. The van der Waals surface area contributed by atoms with Gasteiger partial charge in [0.1, 0.15) is 0 Å². The minimum absolute atomic E-state index is 0.118. The predicted molar refractivity (Wildman–Crippen MR) is 102 cm³/mol. The number of thioether (sulfide) groups is 1. The summed E-state index contributed by atoms with van der Waals surface area (Å²) in [5.41, 5.74) is 1.42. The topological polar surface area (TPSA) is 76.0 Å². The van der Waals surface area contributed by atoms with E-state index in [9.17, 15) is 4.79 Å². The van der Waals surface area contributed by atoms with Crippen LogP contribution in [0.5, 0.6) is 0 Å². The van der Waals surface area contributed by atoms with Gasteiger partial charge in [0.25, 0.3) is 5.56 Å². The van der Waals surface area contributed by atoms with E-state index >= 15 is 0 Å². The molecule has 0 aliphatic rings. The number of hydrogen-bond acceptors (Lipinski definition) is 5. The zero-order valence-corrected chi connectivity index (χ0v) is 14.7. The van der Waals surface area contributed by atoms with Crippen LogP contribution in [-0.2, 0) is 0 Å². The average molecular weight is 361 g/mol. The Hall–Kier alpha value is -3.11. The van der Waals surface area contributed by atoms with Gasteiger partial charge in [0.2, 0.25) is 5.78 Å². The van der Waals surface area contributed by atoms with E-state index in [4.69, 9.17) is 5.26 Å². The molecular weight excluding hydrogens is 346 g/mol. The number of fused-ring (bicyclic) bond motifs is 3. The third-order valence-electron chi connectivity index (χ3n) is 4.07. The molecule has 0 amide bonds. The fourth-order valence-electron chi connectivity index (χ4n) is 2.90. The molecule has 0 bridgehead atoms. The van der Waals surface area contributed by atoms with E-state index in [1.807, 2.05) is 59.0 Å². The van der Waals surface area contributed by atoms with Crippen LogP contribution in [0.15, 0.2) is 64.5 Å². The van der Waals surface area contributed by atoms with Crippen molar-refractivity contribution in [1.82, 2.24) is 19.2 Å². The summed E-state index contributed by atoms with van der Waals surface area (Å²) in [5.74, 6) is 1.26. The van der Waals surface area contributed by atoms with Gasteiger partial charge >= 0.3 is 0 Å². The first-order valence-corrected chi connectivity index (χ1v) is 9.24. The molecule has 0 spiro atoms. The Kier molecular flexibility index (Phi) is 4.42. The summed E-state index contributed by atoms with van der Waals surface area (Å²) in [5, 5.41) is 18.6. The zero-order chi connectivity index (χ0) is 17.9. The lowest BCUT2D eigenvalue weighted by Gasteiger charge is -2.11. The molecule has 2 heterocycles. The summed E-state index contributed by atoms with van der Waals surface area (Å²) >= 11 is 1.54. The zero-order valence-electron chi connectivity index (χ0n) is 13.9. The van der Waals surface area contributed by atoms with Gasteiger partial charge in [-0.1, -0.05) is 42.1 Å². The molecule has 2 aromatic carbocycles. The average Bonchev–Trinajstić information content (AvgIpc) is 3.10. The van der Waals surface area contributed by atoms with Crippen molar-refractivity contribution in [2.45, 2.75) is 18.0 Å². The van der Waals surface area contributed by atoms with Crippen LogP contribution in [0.4, 0.5) is 0 Å². The van der Waals surface area contributed by atoms with Crippen molar-refractivity contribution in [2.24, 2.45) is 0 Å². The molecule has 0 aliphatic carbocycles. The quantitative estimate of drug-likeness (QED) is 0.402. The molecule has 2 aromatic heterocycles. The molecule has 0 saturated carbocycles. The lowest BCUT2D eigenvalue weighted by Crippen LogP contribution is -2.21. The van der Waals surface area contributed by atoms with E-state index in [-0.39, 0.29) is 5.56 Å². The first-order chi connectivity index (χ1) is 12.8. The highest BCUT2D eigenvalue weighted by Crippen LogP contribution is 2.23. The first-order valence-electron chi connectivity index (χ1n) is 8.25. The standard InChI is InChI=1S/C19H15N5OS/c20-12-6-7-13-26-19-22-21-18-23(14-8-2-1-3-9-14)17(25)15-10-4-5-11-16(15)24(18)19/h1-5,8-11H,6-7,13H2. The number of rotatable bonds is 5. The highest BCUT2D eigenvalue weighted by molar-refractivity contribution is 7.99. The Bertz CT molecular complexity index is 1170. The number of para-hydroxylation sites is 2. The van der Waals surface area contributed by atoms with Crippen molar-refractivity contribution < 1.29 is 0 Å². The number of benzene rings is 2. The lowest BCUT2D eigenvalue weighted by molar-refractivity contribution is 0.919. The third kappa shape index (κ3) is 2.74. The van der Waals surface area contributed by atoms with Crippen molar-refractivity contribution in [2.75, 3.05) is 5.75 Å². The molecule has 128 valence electrons. The van der Waals surface area contributed by atoms with E-state index in [0.29, 0.717) is 17.6 Å². The summed E-state index contributed by atoms with van der Waals surface area (Å²) in [7, 11) is 0. The van der Waals surface area contributed by atoms with E-state index in [0.717, 1.165) is 28.5 Å². The summed E-state index contributed by atoms with van der Waals surface area (Å²) in [6.07, 6.45) is 1.30. The normalized spacial score (nSPS) is 11.0. The largest absolute Gasteiger partial charge is 0.268 e. The van der Waals surface area contributed by atoms with Crippen molar-refractivity contribution >= 4 is 28.4 Å². The van der Waals surface area contributed by atoms with E-state index < -0.39 is 0 Å². The van der Waals surface area contributed by atoms with Crippen LogP contribution in [0, 0.1) is 11.3 Å². The van der Waals surface area contributed by atoms with Crippen LogP contribution in [0.25, 0.3) is 22.4 Å². The second-order valence-corrected chi connectivity index (χ2v) is 6.78. The van der Waals surface area contributed by atoms with E-state index in [2.05, 4.69) is 16.3 Å². The van der Waals surface area contributed by atoms with Crippen LogP contribution >= 0.6 is 11.8 Å². The third-order valence-corrected chi connectivity index (χ3v) is 5.09. The number of unbranched alkanes of at least 4 members (excludes halogenated alkanes) is 1. The molecule has 0 N–H and O–H groups in total. The Morgan fingerprint density at radius 3 is 2.62 bits per heavy atom. The molecule has 0 atom stereocenters. The Morgan fingerprint density at radius 2 is 1.81 bits per heavy atom. The molecular formula is C19H15N5OS. The van der Waals surface area contributed by atoms with E-state index in [1.165, 1.54) is 0 Å². The van der Waals surface area contributed by atoms with Gasteiger partial charge in [0, 0.05) is 12.2 Å². The Labute approximate surface area is 153 Å². The highest BCUT2D eigenvalue weighted by atomic mass is 32.2. The second-order valence-electron chi connectivity index (χ2n) is 5.72. The van der Waals surface area contributed by atoms with Gasteiger partial charge in [0.15, 0.2) is 5.16 Å². The van der Waals surface area contributed by atoms with Crippen molar-refractivity contribution in [3.63, 3.8) is 0 Å². The number of hydrogen-bond donors (Lipinski definition) is 0. The fraction of sp³-hybridized carbons (Fsp3) is 0.158. The van der Waals surface area contributed by atoms with Gasteiger partial charge in [-0.2, -0.15) is 5.26 Å². The van der Waals surface area contributed by atoms with Gasteiger partial charge in [0.05, 0.1) is 22.7 Å². The Balaban J connectivity index is 1.97. The SMILES string of the molecule is N#CCCCSc1nnc2n(-c3ccccc3)c(=O)c3ccccc3n12. The van der Waals surface area contributed by atoms with Crippen molar-refractivity contribution in [3.05, 3.63) is 65.0 Å². The molecule has 4 aromatic rings. The molecule has 0 unspecified atom stereocenters. The number of aromatic nitrogens is 4. The van der Waals surface area contributed by atoms with Crippen LogP contribution in [0.2, 0.25) is 0 Å². The summed E-state index contributed by atoms with van der Waals surface area (Å²) < 4.78 is 3.51. The van der Waals surface area contributed by atoms with Crippen LogP contribution in [0.1, 0.15) is 12.8 Å². The predicted octanol–water partition coefficient (Wildman–Crippen LogP) is 3.43. The molecule has 0 fully saturated rings. The highest BCUT2D eigenvalue weighted by Gasteiger charge is 2.17. The van der Waals surface area contributed by atoms with Crippen LogP contribution < -0.4 is 5.56 Å². The monoisotopic (exact) mass is 361 g/mol. The van der Waals surface area contributed by atoms with Gasteiger partial charge in [-0.15, -0.1) is 10.2 Å². The second kappa shape index (κ2) is 7.02. The van der Waals surface area contributed by atoms with Gasteiger partial charge in [-0.25, -0.2) is 4.57 Å². The molecule has 4 rings (SSSR count).